The first kappa shape index (κ1) is 13.0. The van der Waals surface area contributed by atoms with Gasteiger partial charge in [0.1, 0.15) is 0 Å². The summed E-state index contributed by atoms with van der Waals surface area (Å²) in [4.78, 5) is 10.1. The van der Waals surface area contributed by atoms with Gasteiger partial charge in [0, 0.05) is 12.1 Å². The number of hydrogen-bond acceptors (Lipinski definition) is 5. The van der Waals surface area contributed by atoms with Crippen LogP contribution in [-0.2, 0) is 0 Å². The molecule has 1 unspecified atom stereocenters. The van der Waals surface area contributed by atoms with Gasteiger partial charge in [-0.3, -0.25) is 10.1 Å². The van der Waals surface area contributed by atoms with E-state index in [-0.39, 0.29) is 11.8 Å². The van der Waals surface area contributed by atoms with Crippen LogP contribution in [0.15, 0.2) is 18.2 Å². The molecule has 0 saturated carbocycles. The van der Waals surface area contributed by atoms with E-state index in [4.69, 9.17) is 10.5 Å². The van der Waals surface area contributed by atoms with Crippen molar-refractivity contribution >= 4 is 11.8 Å². The normalized spacial score (nSPS) is 12.6. The fourth-order valence-corrected chi connectivity index (χ4v) is 1.27. The number of nitrogens with zero attached hydrogens (tertiary/aromatic N) is 1. The molecule has 0 spiro atoms. The summed E-state index contributed by atoms with van der Waals surface area (Å²) in [7, 11) is 1.33. The number of nitro groups is 1. The number of benzene rings is 1. The third-order valence-corrected chi connectivity index (χ3v) is 2.09. The van der Waals surface area contributed by atoms with Crippen molar-refractivity contribution < 1.29 is 14.8 Å². The molecule has 0 aliphatic rings. The average molecular weight is 238 g/mol. The Kier molecular flexibility index (Phi) is 4.06. The number of methoxy groups -OCH3 is 1. The molecule has 3 N–H and O–H groups in total. The van der Waals surface area contributed by atoms with Crippen molar-refractivity contribution in [2.24, 2.45) is 5.73 Å². The molecule has 0 heterocycles. The molecule has 1 aromatic rings. The van der Waals surface area contributed by atoms with E-state index in [1.807, 2.05) is 0 Å². The molecular formula is C11H14N2O4. The molecule has 6 heteroatoms. The summed E-state index contributed by atoms with van der Waals surface area (Å²) in [5, 5.41) is 20.3. The van der Waals surface area contributed by atoms with Gasteiger partial charge in [-0.05, 0) is 18.6 Å². The molecule has 0 saturated heterocycles. The summed E-state index contributed by atoms with van der Waals surface area (Å²) < 4.78 is 4.86. The molecule has 0 radical (unpaired) electrons. The van der Waals surface area contributed by atoms with Gasteiger partial charge in [0.25, 0.3) is 0 Å². The Hall–Kier alpha value is -2.08. The number of nitro benzene ring substituents is 1. The second kappa shape index (κ2) is 5.31. The maximum absolute atomic E-state index is 10.7. The van der Waals surface area contributed by atoms with E-state index in [1.54, 1.807) is 19.1 Å². The summed E-state index contributed by atoms with van der Waals surface area (Å²) >= 11 is 0. The zero-order chi connectivity index (χ0) is 13.0. The highest BCUT2D eigenvalue weighted by Gasteiger charge is 2.18. The summed E-state index contributed by atoms with van der Waals surface area (Å²) in [6.45, 7) is 1.78. The van der Waals surface area contributed by atoms with Crippen LogP contribution in [0.25, 0.3) is 6.08 Å². The topological polar surface area (TPSA) is 98.6 Å². The Labute approximate surface area is 98.5 Å². The predicted octanol–water partition coefficient (Wildman–Crippen LogP) is 1.67. The number of aromatic hydroxyl groups is 1. The lowest BCUT2D eigenvalue weighted by molar-refractivity contribution is -0.386. The lowest BCUT2D eigenvalue weighted by Crippen LogP contribution is -2.09. The first-order chi connectivity index (χ1) is 7.95. The van der Waals surface area contributed by atoms with Crippen LogP contribution < -0.4 is 10.5 Å². The number of hydrogen-bond donors (Lipinski definition) is 2. The molecule has 1 atom stereocenters. The van der Waals surface area contributed by atoms with Crippen LogP contribution >= 0.6 is 0 Å². The first-order valence-electron chi connectivity index (χ1n) is 4.95. The Bertz CT molecular complexity index is 455. The zero-order valence-electron chi connectivity index (χ0n) is 9.58. The molecule has 1 rings (SSSR count). The standard InChI is InChI=1S/C11H14N2O4/c1-7(12)3-4-8-5-9(13(15)16)11(14)10(6-8)17-2/h3-7,14H,12H2,1-2H3/b4-3+. The largest absolute Gasteiger partial charge is 0.500 e. The van der Waals surface area contributed by atoms with Crippen molar-refractivity contribution in [3.8, 4) is 11.5 Å². The lowest BCUT2D eigenvalue weighted by atomic mass is 10.1. The lowest BCUT2D eigenvalue weighted by Gasteiger charge is -2.05. The number of rotatable bonds is 4. The van der Waals surface area contributed by atoms with Gasteiger partial charge in [-0.2, -0.15) is 0 Å². The molecular weight excluding hydrogens is 224 g/mol. The third-order valence-electron chi connectivity index (χ3n) is 2.09. The van der Waals surface area contributed by atoms with Crippen molar-refractivity contribution in [1.29, 1.82) is 0 Å². The second-order valence-corrected chi connectivity index (χ2v) is 3.57. The fraction of sp³-hybridized carbons (Fsp3) is 0.273. The Morgan fingerprint density at radius 2 is 2.24 bits per heavy atom. The highest BCUT2D eigenvalue weighted by atomic mass is 16.6. The molecule has 1 aromatic carbocycles. The van der Waals surface area contributed by atoms with E-state index >= 15 is 0 Å². The van der Waals surface area contributed by atoms with E-state index in [9.17, 15) is 15.2 Å². The van der Waals surface area contributed by atoms with Crippen molar-refractivity contribution in [2.45, 2.75) is 13.0 Å². The quantitative estimate of drug-likeness (QED) is 0.614. The smallest absolute Gasteiger partial charge is 0.315 e. The summed E-state index contributed by atoms with van der Waals surface area (Å²) in [6, 6.07) is 2.60. The van der Waals surface area contributed by atoms with Gasteiger partial charge in [0.15, 0.2) is 5.75 Å². The van der Waals surface area contributed by atoms with Gasteiger partial charge in [0.05, 0.1) is 12.0 Å². The second-order valence-electron chi connectivity index (χ2n) is 3.57. The van der Waals surface area contributed by atoms with Crippen LogP contribution in [0.4, 0.5) is 5.69 Å². The number of ether oxygens (including phenoxy) is 1. The van der Waals surface area contributed by atoms with Crippen molar-refractivity contribution in [2.75, 3.05) is 7.11 Å². The maximum atomic E-state index is 10.7. The molecule has 0 bridgehead atoms. The van der Waals surface area contributed by atoms with Gasteiger partial charge in [-0.1, -0.05) is 12.2 Å². The highest BCUT2D eigenvalue weighted by Crippen LogP contribution is 2.37. The van der Waals surface area contributed by atoms with E-state index in [0.29, 0.717) is 5.56 Å². The highest BCUT2D eigenvalue weighted by molar-refractivity contribution is 5.64. The van der Waals surface area contributed by atoms with Gasteiger partial charge in [-0.25, -0.2) is 0 Å². The third kappa shape index (κ3) is 3.18. The number of phenolic OH excluding ortho intramolecular Hbond substituents is 1. The van der Waals surface area contributed by atoms with Gasteiger partial charge in [-0.15, -0.1) is 0 Å². The minimum Gasteiger partial charge on any atom is -0.500 e. The molecule has 92 valence electrons. The summed E-state index contributed by atoms with van der Waals surface area (Å²) in [5.41, 5.74) is 5.69. The van der Waals surface area contributed by atoms with Gasteiger partial charge in [0.2, 0.25) is 5.75 Å². The molecule has 0 amide bonds. The van der Waals surface area contributed by atoms with Gasteiger partial charge >= 0.3 is 5.69 Å². The maximum Gasteiger partial charge on any atom is 0.315 e. The molecule has 0 aromatic heterocycles. The van der Waals surface area contributed by atoms with Crippen molar-refractivity contribution in [3.63, 3.8) is 0 Å². The molecule has 0 aliphatic heterocycles. The minimum atomic E-state index is -0.666. The van der Waals surface area contributed by atoms with E-state index in [1.165, 1.54) is 19.2 Å². The SMILES string of the molecule is COc1cc(/C=C/C(C)N)cc([N+](=O)[O-])c1O. The van der Waals surface area contributed by atoms with Crippen LogP contribution in [0.5, 0.6) is 11.5 Å². The number of phenols is 1. The summed E-state index contributed by atoms with van der Waals surface area (Å²) in [5.74, 6) is -0.418. The van der Waals surface area contributed by atoms with E-state index in [2.05, 4.69) is 0 Å². The van der Waals surface area contributed by atoms with E-state index in [0.717, 1.165) is 0 Å². The monoisotopic (exact) mass is 238 g/mol. The average Bonchev–Trinajstić information content (AvgIpc) is 2.27. The van der Waals surface area contributed by atoms with Crippen molar-refractivity contribution in [3.05, 3.63) is 33.9 Å². The summed E-state index contributed by atoms with van der Waals surface area (Å²) in [6.07, 6.45) is 3.33. The molecule has 6 nitrogen and oxygen atoms in total. The van der Waals surface area contributed by atoms with Gasteiger partial charge < -0.3 is 15.6 Å². The van der Waals surface area contributed by atoms with Crippen LogP contribution in [0.1, 0.15) is 12.5 Å². The van der Waals surface area contributed by atoms with Crippen molar-refractivity contribution in [1.82, 2.24) is 0 Å². The van der Waals surface area contributed by atoms with Crippen LogP contribution in [0, 0.1) is 10.1 Å². The first-order valence-corrected chi connectivity index (χ1v) is 4.95. The zero-order valence-corrected chi connectivity index (χ0v) is 9.58. The minimum absolute atomic E-state index is 0.0588. The Morgan fingerprint density at radius 1 is 1.59 bits per heavy atom. The number of nitrogens with two attached hydrogens (primary N) is 1. The van der Waals surface area contributed by atoms with Crippen LogP contribution in [0.2, 0.25) is 0 Å². The molecule has 0 fully saturated rings. The van der Waals surface area contributed by atoms with Crippen LogP contribution in [-0.4, -0.2) is 23.2 Å². The van der Waals surface area contributed by atoms with E-state index < -0.39 is 16.4 Å². The van der Waals surface area contributed by atoms with Crippen LogP contribution in [0.3, 0.4) is 0 Å². The fourth-order valence-electron chi connectivity index (χ4n) is 1.27. The predicted molar refractivity (Wildman–Crippen MR) is 64.0 cm³/mol. The molecule has 0 aliphatic carbocycles. The molecule has 17 heavy (non-hydrogen) atoms. The Balaban J connectivity index is 3.25. The Morgan fingerprint density at radius 3 is 2.71 bits per heavy atom.